The predicted octanol–water partition coefficient (Wildman–Crippen LogP) is 6.26. The van der Waals surface area contributed by atoms with E-state index in [2.05, 4.69) is 41.4 Å². The molecule has 0 aromatic heterocycles. The molecule has 2 N–H and O–H groups in total. The molecule has 0 aliphatic carbocycles. The maximum atomic E-state index is 12.9. The van der Waals surface area contributed by atoms with Crippen molar-refractivity contribution in [3.05, 3.63) is 106 Å². The van der Waals surface area contributed by atoms with Crippen LogP contribution in [0.15, 0.2) is 78.9 Å². The van der Waals surface area contributed by atoms with Crippen LogP contribution in [0.3, 0.4) is 0 Å². The maximum Gasteiger partial charge on any atom is 0.162 e. The van der Waals surface area contributed by atoms with E-state index in [-0.39, 0.29) is 11.6 Å². The number of carbonyl (C=O) groups excluding carboxylic acids is 1. The molecule has 0 amide bonds. The zero-order chi connectivity index (χ0) is 26.7. The molecule has 0 spiro atoms. The fourth-order valence-corrected chi connectivity index (χ4v) is 4.63. The number of nitrogens with zero attached hydrogens (tertiary/aromatic N) is 1. The summed E-state index contributed by atoms with van der Waals surface area (Å²) < 4.78 is 12.9. The molecule has 3 aromatic carbocycles. The van der Waals surface area contributed by atoms with Crippen molar-refractivity contribution in [3.8, 4) is 0 Å². The van der Waals surface area contributed by atoms with Crippen molar-refractivity contribution in [2.24, 2.45) is 0 Å². The minimum Gasteiger partial charge on any atom is -0.385 e. The molecular formula is C31H38ClFN2O2. The third-order valence-corrected chi connectivity index (χ3v) is 7.24. The number of likely N-dealkylation sites (tertiary alicyclic amines) is 1. The molecule has 1 atom stereocenters. The number of hydrogen-bond acceptors (Lipinski definition) is 4. The third-order valence-electron chi connectivity index (χ3n) is 6.99. The minimum absolute atomic E-state index is 0.0414. The fourth-order valence-electron chi connectivity index (χ4n) is 4.51. The minimum atomic E-state index is -0.801. The molecule has 1 saturated heterocycles. The van der Waals surface area contributed by atoms with E-state index in [0.717, 1.165) is 38.0 Å². The van der Waals surface area contributed by atoms with E-state index in [9.17, 15) is 14.3 Å². The zero-order valence-electron chi connectivity index (χ0n) is 21.8. The second kappa shape index (κ2) is 14.4. The number of halogens is 2. The quantitative estimate of drug-likeness (QED) is 0.324. The van der Waals surface area contributed by atoms with Gasteiger partial charge in [0, 0.05) is 36.1 Å². The van der Waals surface area contributed by atoms with E-state index in [1.807, 2.05) is 37.4 Å². The van der Waals surface area contributed by atoms with Gasteiger partial charge in [0.05, 0.1) is 5.60 Å². The summed E-state index contributed by atoms with van der Waals surface area (Å²) in [5.41, 5.74) is 2.06. The average molecular weight is 525 g/mol. The lowest BCUT2D eigenvalue weighted by Gasteiger charge is -2.38. The normalized spacial score (nSPS) is 15.9. The molecule has 4 rings (SSSR count). The second-order valence-electron chi connectivity index (χ2n) is 9.79. The predicted molar refractivity (Wildman–Crippen MR) is 150 cm³/mol. The molecule has 1 aliphatic rings. The summed E-state index contributed by atoms with van der Waals surface area (Å²) in [7, 11) is 1.99. The summed E-state index contributed by atoms with van der Waals surface area (Å²) in [4.78, 5) is 14.4. The van der Waals surface area contributed by atoms with Gasteiger partial charge in [-0.25, -0.2) is 4.39 Å². The Bertz CT molecular complexity index is 1080. The first-order chi connectivity index (χ1) is 17.8. The Morgan fingerprint density at radius 1 is 1.03 bits per heavy atom. The molecule has 1 heterocycles. The molecule has 0 saturated carbocycles. The first-order valence-electron chi connectivity index (χ1n) is 13.0. The molecule has 0 radical (unpaired) electrons. The van der Waals surface area contributed by atoms with Crippen LogP contribution in [-0.4, -0.2) is 48.5 Å². The van der Waals surface area contributed by atoms with Crippen LogP contribution in [0.5, 0.6) is 0 Å². The van der Waals surface area contributed by atoms with Gasteiger partial charge in [0.15, 0.2) is 5.78 Å². The van der Waals surface area contributed by atoms with E-state index < -0.39 is 5.60 Å². The largest absolute Gasteiger partial charge is 0.385 e. The fraction of sp³-hybridized carbons (Fsp3) is 0.387. The zero-order valence-corrected chi connectivity index (χ0v) is 22.6. The van der Waals surface area contributed by atoms with Crippen molar-refractivity contribution < 1.29 is 14.3 Å². The Kier molecular flexibility index (Phi) is 11.3. The molecule has 1 aliphatic heterocycles. The summed E-state index contributed by atoms with van der Waals surface area (Å²) in [5.74, 6) is -0.289. The number of carbonyl (C=O) groups is 1. The van der Waals surface area contributed by atoms with Gasteiger partial charge in [-0.1, -0.05) is 54.1 Å². The van der Waals surface area contributed by atoms with Gasteiger partial charge in [0.25, 0.3) is 0 Å². The molecule has 3 aromatic rings. The summed E-state index contributed by atoms with van der Waals surface area (Å²) in [6.45, 7) is 4.60. The lowest BCUT2D eigenvalue weighted by atomic mass is 9.84. The van der Waals surface area contributed by atoms with Gasteiger partial charge in [-0.2, -0.15) is 0 Å². The van der Waals surface area contributed by atoms with Crippen molar-refractivity contribution in [2.75, 3.05) is 26.7 Å². The molecule has 1 fully saturated rings. The van der Waals surface area contributed by atoms with Gasteiger partial charge < -0.3 is 15.3 Å². The van der Waals surface area contributed by atoms with E-state index in [1.54, 1.807) is 0 Å². The number of Topliss-reactive ketones (excluding diaryl/α,β-unsaturated/α-hetero) is 1. The highest BCUT2D eigenvalue weighted by Gasteiger charge is 2.33. The van der Waals surface area contributed by atoms with Crippen LogP contribution in [0.2, 0.25) is 5.02 Å². The van der Waals surface area contributed by atoms with Gasteiger partial charge in [-0.05, 0) is 93.7 Å². The highest BCUT2D eigenvalue weighted by Crippen LogP contribution is 2.33. The van der Waals surface area contributed by atoms with Crippen LogP contribution < -0.4 is 5.32 Å². The Labute approximate surface area is 225 Å². The molecule has 4 nitrogen and oxygen atoms in total. The van der Waals surface area contributed by atoms with Crippen LogP contribution in [0.25, 0.3) is 0 Å². The maximum absolute atomic E-state index is 12.9. The summed E-state index contributed by atoms with van der Waals surface area (Å²) in [6.07, 6.45) is 3.65. The topological polar surface area (TPSA) is 52.6 Å². The first kappa shape index (κ1) is 29.0. The Morgan fingerprint density at radius 3 is 2.24 bits per heavy atom. The van der Waals surface area contributed by atoms with Crippen LogP contribution in [-0.2, 0) is 12.0 Å². The third kappa shape index (κ3) is 9.35. The standard InChI is InChI=1S/C21H23ClFNO2.C10H15N/c22-18-7-5-17(6-8-18)21(26)11-14-24(15-12-21)13-1-2-20(25)16-3-9-19(23)10-4-16;1-9(11-2)8-10-6-4-3-5-7-10/h3-10,26H,1-2,11-15H2;3-7,9,11H,8H2,1-2H3/t;9-/m.0/s1. The summed E-state index contributed by atoms with van der Waals surface area (Å²) >= 11 is 5.92. The Balaban J connectivity index is 0.000000289. The Hall–Kier alpha value is -2.57. The lowest BCUT2D eigenvalue weighted by Crippen LogP contribution is -2.42. The van der Waals surface area contributed by atoms with Gasteiger partial charge >= 0.3 is 0 Å². The van der Waals surface area contributed by atoms with Crippen molar-refractivity contribution in [2.45, 2.75) is 50.7 Å². The van der Waals surface area contributed by atoms with Gasteiger partial charge in [0.2, 0.25) is 0 Å². The number of likely N-dealkylation sites (N-methyl/N-ethyl adjacent to an activating group) is 1. The highest BCUT2D eigenvalue weighted by molar-refractivity contribution is 6.30. The van der Waals surface area contributed by atoms with Gasteiger partial charge in [-0.3, -0.25) is 4.79 Å². The van der Waals surface area contributed by atoms with Crippen LogP contribution >= 0.6 is 11.6 Å². The van der Waals surface area contributed by atoms with E-state index in [0.29, 0.717) is 35.9 Å². The van der Waals surface area contributed by atoms with E-state index in [4.69, 9.17) is 11.6 Å². The second-order valence-corrected chi connectivity index (χ2v) is 10.2. The van der Waals surface area contributed by atoms with E-state index in [1.165, 1.54) is 29.8 Å². The summed E-state index contributed by atoms with van der Waals surface area (Å²) in [6, 6.07) is 24.2. The van der Waals surface area contributed by atoms with Gasteiger partial charge in [-0.15, -0.1) is 0 Å². The molecule has 0 unspecified atom stereocenters. The number of nitrogens with one attached hydrogen (secondary N) is 1. The molecule has 198 valence electrons. The number of ketones is 1. The molecule has 0 bridgehead atoms. The number of hydrogen-bond donors (Lipinski definition) is 2. The number of aliphatic hydroxyl groups is 1. The first-order valence-corrected chi connectivity index (χ1v) is 13.4. The Morgan fingerprint density at radius 2 is 1.65 bits per heavy atom. The smallest absolute Gasteiger partial charge is 0.162 e. The molecular weight excluding hydrogens is 487 g/mol. The van der Waals surface area contributed by atoms with Crippen molar-refractivity contribution in [1.82, 2.24) is 10.2 Å². The van der Waals surface area contributed by atoms with Crippen molar-refractivity contribution in [3.63, 3.8) is 0 Å². The van der Waals surface area contributed by atoms with Crippen molar-refractivity contribution in [1.29, 1.82) is 0 Å². The number of benzene rings is 3. The summed E-state index contributed by atoms with van der Waals surface area (Å²) in [5, 5.41) is 14.8. The average Bonchev–Trinajstić information content (AvgIpc) is 2.91. The monoisotopic (exact) mass is 524 g/mol. The van der Waals surface area contributed by atoms with E-state index >= 15 is 0 Å². The SMILES string of the molecule is CN[C@@H](C)Cc1ccccc1.O=C(CCCN1CCC(O)(c2ccc(Cl)cc2)CC1)c1ccc(F)cc1. The van der Waals surface area contributed by atoms with Crippen LogP contribution in [0, 0.1) is 5.82 Å². The molecule has 37 heavy (non-hydrogen) atoms. The molecule has 6 heteroatoms. The number of piperidine rings is 1. The highest BCUT2D eigenvalue weighted by atomic mass is 35.5. The number of rotatable bonds is 9. The van der Waals surface area contributed by atoms with Crippen LogP contribution in [0.1, 0.15) is 54.1 Å². The van der Waals surface area contributed by atoms with Crippen molar-refractivity contribution >= 4 is 17.4 Å². The van der Waals surface area contributed by atoms with Gasteiger partial charge in [0.1, 0.15) is 5.82 Å². The lowest BCUT2D eigenvalue weighted by molar-refractivity contribution is -0.0260. The van der Waals surface area contributed by atoms with Crippen LogP contribution in [0.4, 0.5) is 4.39 Å².